The fourth-order valence-electron chi connectivity index (χ4n) is 3.29. The molecule has 3 nitrogen and oxygen atoms in total. The summed E-state index contributed by atoms with van der Waals surface area (Å²) in [4.78, 5) is 4.91. The Morgan fingerprint density at radius 2 is 1.88 bits per heavy atom. The Morgan fingerprint density at radius 1 is 1.21 bits per heavy atom. The molecule has 128 valence electrons. The molecule has 1 aliphatic rings. The molecule has 0 spiro atoms. The molecule has 0 amide bonds. The molecule has 3 rings (SSSR count). The molecule has 1 N–H and O–H groups in total. The number of methoxy groups -OCH3 is 1. The van der Waals surface area contributed by atoms with Crippen LogP contribution in [-0.2, 0) is 18.0 Å². The third kappa shape index (κ3) is 3.21. The highest BCUT2D eigenvalue weighted by Crippen LogP contribution is 2.45. The van der Waals surface area contributed by atoms with Crippen LogP contribution in [0.25, 0.3) is 11.1 Å². The molecule has 1 saturated carbocycles. The van der Waals surface area contributed by atoms with Crippen LogP contribution in [0.2, 0.25) is 0 Å². The third-order valence-electron chi connectivity index (χ3n) is 4.55. The van der Waals surface area contributed by atoms with Crippen LogP contribution in [0.5, 0.6) is 0 Å². The Labute approximate surface area is 142 Å². The number of aliphatic hydroxyl groups is 1. The Hall–Kier alpha value is -1.78. The first kappa shape index (κ1) is 17.1. The second kappa shape index (κ2) is 6.99. The number of benzene rings is 1. The highest BCUT2D eigenvalue weighted by Gasteiger charge is 2.31. The lowest BCUT2D eigenvalue weighted by atomic mass is 9.89. The van der Waals surface area contributed by atoms with Crippen LogP contribution in [0.4, 0.5) is 4.39 Å². The zero-order valence-electron chi connectivity index (χ0n) is 14.5. The summed E-state index contributed by atoms with van der Waals surface area (Å²) in [6.07, 6.45) is 2.28. The number of hydrogen-bond donors (Lipinski definition) is 1. The fourth-order valence-corrected chi connectivity index (χ4v) is 3.29. The monoisotopic (exact) mass is 329 g/mol. The van der Waals surface area contributed by atoms with Crippen molar-refractivity contribution in [2.24, 2.45) is 0 Å². The molecule has 1 aliphatic carbocycles. The van der Waals surface area contributed by atoms with Gasteiger partial charge in [-0.2, -0.15) is 0 Å². The van der Waals surface area contributed by atoms with E-state index in [1.165, 1.54) is 12.1 Å². The average Bonchev–Trinajstić information content (AvgIpc) is 3.40. The molecule has 0 radical (unpaired) electrons. The molecule has 1 aromatic heterocycles. The van der Waals surface area contributed by atoms with E-state index in [4.69, 9.17) is 9.72 Å². The lowest BCUT2D eigenvalue weighted by Gasteiger charge is -2.22. The number of nitrogens with zero attached hydrogens (tertiary/aromatic N) is 1. The van der Waals surface area contributed by atoms with E-state index < -0.39 is 0 Å². The molecule has 0 aliphatic heterocycles. The van der Waals surface area contributed by atoms with Crippen molar-refractivity contribution < 1.29 is 14.2 Å². The van der Waals surface area contributed by atoms with Crippen molar-refractivity contribution in [3.05, 3.63) is 52.6 Å². The van der Waals surface area contributed by atoms with E-state index in [9.17, 15) is 9.50 Å². The van der Waals surface area contributed by atoms with Crippen molar-refractivity contribution in [1.82, 2.24) is 4.98 Å². The van der Waals surface area contributed by atoms with Gasteiger partial charge in [-0.3, -0.25) is 4.98 Å². The van der Waals surface area contributed by atoms with Crippen LogP contribution in [0.1, 0.15) is 61.0 Å². The standard InChI is InChI=1S/C20H24FNO2/c1-12(2)19-16(10-23)18(13-6-8-15(21)9-7-13)17(11-24-3)20(22-19)14-4-5-14/h6-9,12,14,23H,4-5,10-11H2,1-3H3. The predicted molar refractivity (Wildman–Crippen MR) is 92.3 cm³/mol. The van der Waals surface area contributed by atoms with E-state index in [-0.39, 0.29) is 18.3 Å². The summed E-state index contributed by atoms with van der Waals surface area (Å²) in [6.45, 7) is 4.52. The predicted octanol–water partition coefficient (Wildman–Crippen LogP) is 4.53. The quantitative estimate of drug-likeness (QED) is 0.847. The van der Waals surface area contributed by atoms with Crippen molar-refractivity contribution in [3.8, 4) is 11.1 Å². The summed E-state index contributed by atoms with van der Waals surface area (Å²) in [7, 11) is 1.67. The van der Waals surface area contributed by atoms with Crippen molar-refractivity contribution in [2.75, 3.05) is 7.11 Å². The van der Waals surface area contributed by atoms with Crippen LogP contribution >= 0.6 is 0 Å². The zero-order chi connectivity index (χ0) is 17.3. The van der Waals surface area contributed by atoms with Crippen LogP contribution in [0.15, 0.2) is 24.3 Å². The highest BCUT2D eigenvalue weighted by molar-refractivity contribution is 5.73. The van der Waals surface area contributed by atoms with E-state index in [1.54, 1.807) is 19.2 Å². The summed E-state index contributed by atoms with van der Waals surface area (Å²) < 4.78 is 18.8. The topological polar surface area (TPSA) is 42.4 Å². The zero-order valence-corrected chi connectivity index (χ0v) is 14.5. The van der Waals surface area contributed by atoms with Crippen LogP contribution < -0.4 is 0 Å². The first-order chi connectivity index (χ1) is 11.6. The van der Waals surface area contributed by atoms with Gasteiger partial charge in [-0.1, -0.05) is 26.0 Å². The summed E-state index contributed by atoms with van der Waals surface area (Å²) in [5.74, 6) is 0.415. The molecule has 0 bridgehead atoms. The number of ether oxygens (including phenoxy) is 1. The Balaban J connectivity index is 2.30. The van der Waals surface area contributed by atoms with Crippen LogP contribution in [0.3, 0.4) is 0 Å². The molecule has 1 heterocycles. The number of rotatable bonds is 6. The Kier molecular flexibility index (Phi) is 4.97. The van der Waals surface area contributed by atoms with Gasteiger partial charge >= 0.3 is 0 Å². The number of pyridine rings is 1. The number of aromatic nitrogens is 1. The molecule has 0 atom stereocenters. The van der Waals surface area contributed by atoms with Crippen LogP contribution in [0, 0.1) is 5.82 Å². The van der Waals surface area contributed by atoms with Gasteiger partial charge in [0.1, 0.15) is 5.82 Å². The molecule has 2 aromatic rings. The minimum Gasteiger partial charge on any atom is -0.392 e. The van der Waals surface area contributed by atoms with E-state index in [2.05, 4.69) is 13.8 Å². The third-order valence-corrected chi connectivity index (χ3v) is 4.55. The fraction of sp³-hybridized carbons (Fsp3) is 0.450. The lowest BCUT2D eigenvalue weighted by molar-refractivity contribution is 0.183. The maximum absolute atomic E-state index is 13.4. The van der Waals surface area contributed by atoms with Crippen LogP contribution in [-0.4, -0.2) is 17.2 Å². The molecule has 0 saturated heterocycles. The largest absolute Gasteiger partial charge is 0.392 e. The van der Waals surface area contributed by atoms with Gasteiger partial charge in [0.15, 0.2) is 0 Å². The van der Waals surface area contributed by atoms with Gasteiger partial charge in [0.05, 0.1) is 13.2 Å². The smallest absolute Gasteiger partial charge is 0.123 e. The van der Waals surface area contributed by atoms with Crippen molar-refractivity contribution in [1.29, 1.82) is 0 Å². The van der Waals surface area contributed by atoms with E-state index >= 15 is 0 Å². The van der Waals surface area contributed by atoms with Gasteiger partial charge in [0.25, 0.3) is 0 Å². The summed E-state index contributed by atoms with van der Waals surface area (Å²) in [5, 5.41) is 10.0. The highest BCUT2D eigenvalue weighted by atomic mass is 19.1. The normalized spacial score (nSPS) is 14.4. The van der Waals surface area contributed by atoms with Crippen molar-refractivity contribution in [3.63, 3.8) is 0 Å². The van der Waals surface area contributed by atoms with Gasteiger partial charge in [0, 0.05) is 35.5 Å². The minimum absolute atomic E-state index is 0.0884. The number of aliphatic hydroxyl groups excluding tert-OH is 1. The first-order valence-corrected chi connectivity index (χ1v) is 8.48. The van der Waals surface area contributed by atoms with Gasteiger partial charge in [0.2, 0.25) is 0 Å². The molecule has 1 aromatic carbocycles. The van der Waals surface area contributed by atoms with Gasteiger partial charge < -0.3 is 9.84 Å². The Morgan fingerprint density at radius 3 is 2.38 bits per heavy atom. The Bertz CT molecular complexity index is 721. The van der Waals surface area contributed by atoms with Crippen molar-refractivity contribution >= 4 is 0 Å². The summed E-state index contributed by atoms with van der Waals surface area (Å²) >= 11 is 0. The van der Waals surface area contributed by atoms with Crippen molar-refractivity contribution in [2.45, 2.75) is 51.7 Å². The summed E-state index contributed by atoms with van der Waals surface area (Å²) in [6, 6.07) is 6.45. The summed E-state index contributed by atoms with van der Waals surface area (Å²) in [5.41, 5.74) is 5.72. The molecular weight excluding hydrogens is 305 g/mol. The van der Waals surface area contributed by atoms with Gasteiger partial charge in [-0.05, 0) is 42.0 Å². The molecular formula is C20H24FNO2. The molecule has 24 heavy (non-hydrogen) atoms. The SMILES string of the molecule is COCc1c(C2CC2)nc(C(C)C)c(CO)c1-c1ccc(F)cc1. The first-order valence-electron chi connectivity index (χ1n) is 8.48. The lowest BCUT2D eigenvalue weighted by Crippen LogP contribution is -2.11. The molecule has 1 fully saturated rings. The average molecular weight is 329 g/mol. The minimum atomic E-state index is -0.266. The van der Waals surface area contributed by atoms with E-state index in [1.807, 2.05) is 0 Å². The van der Waals surface area contributed by atoms with Gasteiger partial charge in [-0.25, -0.2) is 4.39 Å². The second-order valence-corrected chi connectivity index (χ2v) is 6.74. The van der Waals surface area contributed by atoms with E-state index in [0.717, 1.165) is 46.5 Å². The number of halogens is 1. The second-order valence-electron chi connectivity index (χ2n) is 6.74. The number of hydrogen-bond acceptors (Lipinski definition) is 3. The maximum atomic E-state index is 13.4. The molecule has 4 heteroatoms. The van der Waals surface area contributed by atoms with Gasteiger partial charge in [-0.15, -0.1) is 0 Å². The maximum Gasteiger partial charge on any atom is 0.123 e. The molecule has 0 unspecified atom stereocenters. The van der Waals surface area contributed by atoms with E-state index in [0.29, 0.717) is 12.5 Å².